The summed E-state index contributed by atoms with van der Waals surface area (Å²) in [5.41, 5.74) is 0. The third-order valence-corrected chi connectivity index (χ3v) is 1.26. The highest BCUT2D eigenvalue weighted by molar-refractivity contribution is 4.94. The van der Waals surface area contributed by atoms with Gasteiger partial charge in [-0.15, -0.1) is 0 Å². The normalized spacial score (nSPS) is 8.36. The van der Waals surface area contributed by atoms with Crippen molar-refractivity contribution in [1.29, 1.82) is 0 Å². The lowest BCUT2D eigenvalue weighted by Gasteiger charge is -1.83. The first kappa shape index (κ1) is 10.4. The van der Waals surface area contributed by atoms with Crippen molar-refractivity contribution in [3.8, 4) is 0 Å². The Morgan fingerprint density at radius 3 is 2.64 bits per heavy atom. The van der Waals surface area contributed by atoms with Gasteiger partial charge in [0.2, 0.25) is 6.33 Å². The molecule has 0 N–H and O–H groups in total. The van der Waals surface area contributed by atoms with E-state index < -0.39 is 0 Å². The lowest BCUT2D eigenvalue weighted by atomic mass is 10.6. The van der Waals surface area contributed by atoms with Crippen LogP contribution in [0, 0.1) is 0 Å². The predicted molar refractivity (Wildman–Crippen MR) is 41.2 cm³/mol. The lowest BCUT2D eigenvalue weighted by molar-refractivity contribution is -0.567. The van der Waals surface area contributed by atoms with Gasteiger partial charge in [-0.3, -0.25) is 0 Å². The molecule has 0 spiro atoms. The molecule has 3 heteroatoms. The van der Waals surface area contributed by atoms with E-state index >= 15 is 0 Å². The van der Waals surface area contributed by atoms with Gasteiger partial charge in [0, 0.05) is 0 Å². The number of halogens is 1. The Kier molecular flexibility index (Phi) is 4.85. The molecule has 1 rings (SSSR count). The number of hydrogen-bond acceptors (Lipinski definition) is 0. The number of imidazole rings is 1. The van der Waals surface area contributed by atoms with Crippen LogP contribution in [0.15, 0.2) is 38.0 Å². The van der Waals surface area contributed by atoms with Gasteiger partial charge in [0.15, 0.2) is 0 Å². The molecule has 0 aliphatic heterocycles. The maximum atomic E-state index is 3.64. The van der Waals surface area contributed by atoms with Crippen LogP contribution in [0.3, 0.4) is 0 Å². The maximum absolute atomic E-state index is 3.64. The molecule has 1 heterocycles. The summed E-state index contributed by atoms with van der Waals surface area (Å²) >= 11 is 0. The topological polar surface area (TPSA) is 8.81 Å². The van der Waals surface area contributed by atoms with Crippen molar-refractivity contribution in [3.05, 3.63) is 38.0 Å². The highest BCUT2D eigenvalue weighted by Gasteiger charge is 1.95. The zero-order valence-electron chi connectivity index (χ0n) is 6.28. The molecule has 0 fully saturated rings. The van der Waals surface area contributed by atoms with E-state index in [1.165, 1.54) is 0 Å². The van der Waals surface area contributed by atoms with Crippen molar-refractivity contribution in [3.63, 3.8) is 0 Å². The predicted octanol–water partition coefficient (Wildman–Crippen LogP) is -1.93. The first-order chi connectivity index (χ1) is 4.86. The van der Waals surface area contributed by atoms with E-state index in [0.29, 0.717) is 0 Å². The van der Waals surface area contributed by atoms with Crippen molar-refractivity contribution in [2.45, 2.75) is 6.54 Å². The summed E-state index contributed by atoms with van der Waals surface area (Å²) in [6.07, 6.45) is 9.47. The van der Waals surface area contributed by atoms with Crippen LogP contribution in [0.25, 0.3) is 6.20 Å². The summed E-state index contributed by atoms with van der Waals surface area (Å²) < 4.78 is 3.91. The standard InChI is InChI=1S/C8H11N2.HI/c1-3-5-10-7-6-9(4-2)8-10;/h3-4,6-8H,1-2,5H2;1H/q+1;/p-1. The lowest BCUT2D eigenvalue weighted by Crippen LogP contribution is -3.00. The van der Waals surface area contributed by atoms with Crippen molar-refractivity contribution >= 4 is 6.20 Å². The largest absolute Gasteiger partial charge is 1.00 e. The van der Waals surface area contributed by atoms with Crippen LogP contribution in [0.1, 0.15) is 0 Å². The van der Waals surface area contributed by atoms with Gasteiger partial charge >= 0.3 is 0 Å². The summed E-state index contributed by atoms with van der Waals surface area (Å²) in [6.45, 7) is 8.11. The van der Waals surface area contributed by atoms with E-state index in [4.69, 9.17) is 0 Å². The van der Waals surface area contributed by atoms with Crippen LogP contribution in [0.4, 0.5) is 0 Å². The van der Waals surface area contributed by atoms with Crippen LogP contribution in [0.2, 0.25) is 0 Å². The molecule has 0 saturated heterocycles. The summed E-state index contributed by atoms with van der Waals surface area (Å²) in [4.78, 5) is 0. The van der Waals surface area contributed by atoms with E-state index in [9.17, 15) is 0 Å². The monoisotopic (exact) mass is 262 g/mol. The molecule has 1 aromatic heterocycles. The third-order valence-electron chi connectivity index (χ3n) is 1.26. The van der Waals surface area contributed by atoms with Gasteiger partial charge in [-0.1, -0.05) is 19.2 Å². The fraction of sp³-hybridized carbons (Fsp3) is 0.125. The second-order valence-corrected chi connectivity index (χ2v) is 2.03. The van der Waals surface area contributed by atoms with Gasteiger partial charge < -0.3 is 24.0 Å². The molecule has 0 aliphatic rings. The number of allylic oxidation sites excluding steroid dienone is 1. The Hall–Kier alpha value is -0.580. The molecule has 0 saturated carbocycles. The van der Waals surface area contributed by atoms with Crippen LogP contribution in [-0.2, 0) is 6.54 Å². The molecule has 0 unspecified atom stereocenters. The van der Waals surface area contributed by atoms with Crippen LogP contribution < -0.4 is 28.5 Å². The fourth-order valence-corrected chi connectivity index (χ4v) is 0.776. The van der Waals surface area contributed by atoms with E-state index in [0.717, 1.165) is 6.54 Å². The van der Waals surface area contributed by atoms with Gasteiger partial charge in [0.25, 0.3) is 0 Å². The average Bonchev–Trinajstić information content (AvgIpc) is 2.37. The maximum Gasteiger partial charge on any atom is 0.248 e. The Balaban J connectivity index is 0.000001000. The Bertz CT molecular complexity index is 240. The first-order valence-corrected chi connectivity index (χ1v) is 3.17. The van der Waals surface area contributed by atoms with Gasteiger partial charge in [-0.05, 0) is 0 Å². The summed E-state index contributed by atoms with van der Waals surface area (Å²) in [6, 6.07) is 0. The molecule has 0 amide bonds. The minimum atomic E-state index is 0. The van der Waals surface area contributed by atoms with Gasteiger partial charge in [0.05, 0.1) is 6.20 Å². The fourth-order valence-electron chi connectivity index (χ4n) is 0.776. The molecule has 0 radical (unpaired) electrons. The smallest absolute Gasteiger partial charge is 0.248 e. The second-order valence-electron chi connectivity index (χ2n) is 2.03. The molecule has 0 aromatic carbocycles. The van der Waals surface area contributed by atoms with Crippen molar-refractivity contribution in [2.24, 2.45) is 0 Å². The van der Waals surface area contributed by atoms with Crippen LogP contribution >= 0.6 is 0 Å². The minimum Gasteiger partial charge on any atom is -1.00 e. The number of nitrogens with zero attached hydrogens (tertiary/aromatic N) is 2. The molecule has 2 nitrogen and oxygen atoms in total. The van der Waals surface area contributed by atoms with Crippen molar-refractivity contribution in [2.75, 3.05) is 0 Å². The molecule has 60 valence electrons. The SMILES string of the molecule is C=CCn1cc[n+](C=C)c1.[I-]. The molecular weight excluding hydrogens is 251 g/mol. The second kappa shape index (κ2) is 5.12. The van der Waals surface area contributed by atoms with E-state index in [1.54, 1.807) is 6.20 Å². The Labute approximate surface area is 83.9 Å². The summed E-state index contributed by atoms with van der Waals surface area (Å²) in [5, 5.41) is 0. The van der Waals surface area contributed by atoms with E-state index in [-0.39, 0.29) is 24.0 Å². The van der Waals surface area contributed by atoms with Crippen molar-refractivity contribution < 1.29 is 28.5 Å². The Morgan fingerprint density at radius 1 is 1.45 bits per heavy atom. The van der Waals surface area contributed by atoms with Crippen LogP contribution in [-0.4, -0.2) is 4.57 Å². The zero-order valence-corrected chi connectivity index (χ0v) is 8.44. The molecular formula is C8H11IN2. The van der Waals surface area contributed by atoms with E-state index in [1.807, 2.05) is 33.9 Å². The number of rotatable bonds is 3. The zero-order chi connectivity index (χ0) is 7.40. The number of aromatic nitrogens is 2. The van der Waals surface area contributed by atoms with Gasteiger partial charge in [0.1, 0.15) is 18.9 Å². The molecule has 0 bridgehead atoms. The first-order valence-electron chi connectivity index (χ1n) is 3.17. The van der Waals surface area contributed by atoms with Gasteiger partial charge in [-0.2, -0.15) is 0 Å². The summed E-state index contributed by atoms with van der Waals surface area (Å²) in [7, 11) is 0. The average molecular weight is 262 g/mol. The number of hydrogen-bond donors (Lipinski definition) is 0. The summed E-state index contributed by atoms with van der Waals surface area (Å²) in [5.74, 6) is 0. The Morgan fingerprint density at radius 2 is 2.18 bits per heavy atom. The molecule has 0 atom stereocenters. The quantitative estimate of drug-likeness (QED) is 0.341. The molecule has 0 aliphatic carbocycles. The van der Waals surface area contributed by atoms with Gasteiger partial charge in [-0.25, -0.2) is 9.13 Å². The molecule has 1 aromatic rings. The van der Waals surface area contributed by atoms with E-state index in [2.05, 4.69) is 13.2 Å². The third kappa shape index (κ3) is 2.88. The highest BCUT2D eigenvalue weighted by Crippen LogP contribution is 1.83. The van der Waals surface area contributed by atoms with Crippen LogP contribution in [0.5, 0.6) is 0 Å². The molecule has 11 heavy (non-hydrogen) atoms. The minimum absolute atomic E-state index is 0. The highest BCUT2D eigenvalue weighted by atomic mass is 127. The van der Waals surface area contributed by atoms with Crippen molar-refractivity contribution in [1.82, 2.24) is 4.57 Å².